The number of hydrogen-bond donors (Lipinski definition) is 3. The number of benzene rings is 3. The number of carbonyl (C=O) groups excluding carboxylic acids is 3. The molecule has 0 heterocycles. The molecule has 0 fully saturated rings. The van der Waals surface area contributed by atoms with Crippen molar-refractivity contribution in [1.29, 1.82) is 0 Å². The van der Waals surface area contributed by atoms with Crippen molar-refractivity contribution in [3.63, 3.8) is 0 Å². The average molecular weight is 430 g/mol. The molecule has 3 aromatic rings. The predicted molar refractivity (Wildman–Crippen MR) is 125 cm³/mol. The number of rotatable bonds is 8. The molecule has 164 valence electrons. The van der Waals surface area contributed by atoms with E-state index in [2.05, 4.69) is 22.9 Å². The summed E-state index contributed by atoms with van der Waals surface area (Å²) in [5.74, 6) is -1.89. The van der Waals surface area contributed by atoms with Crippen molar-refractivity contribution in [2.75, 3.05) is 11.9 Å². The van der Waals surface area contributed by atoms with Crippen molar-refractivity contribution in [3.8, 4) is 0 Å². The lowest BCUT2D eigenvalue weighted by Crippen LogP contribution is -2.35. The largest absolute Gasteiger partial charge is 0.352 e. The van der Waals surface area contributed by atoms with Gasteiger partial charge in [0, 0.05) is 13.1 Å². The number of amides is 3. The third-order valence-electron chi connectivity index (χ3n) is 5.05. The molecule has 6 heteroatoms. The Morgan fingerprint density at radius 2 is 1.34 bits per heavy atom. The third kappa shape index (κ3) is 6.54. The molecule has 0 radical (unpaired) electrons. The van der Waals surface area contributed by atoms with Crippen LogP contribution in [0, 0.1) is 0 Å². The first-order valence-electron chi connectivity index (χ1n) is 10.6. The van der Waals surface area contributed by atoms with E-state index in [0.717, 1.165) is 17.5 Å². The summed E-state index contributed by atoms with van der Waals surface area (Å²) in [6.45, 7) is 2.78. The second-order valence-corrected chi connectivity index (χ2v) is 7.34. The molecule has 0 aliphatic rings. The van der Waals surface area contributed by atoms with Gasteiger partial charge in [0.1, 0.15) is 0 Å². The maximum atomic E-state index is 12.6. The fourth-order valence-electron chi connectivity index (χ4n) is 3.18. The van der Waals surface area contributed by atoms with Gasteiger partial charge in [0.2, 0.25) is 0 Å². The highest BCUT2D eigenvalue weighted by atomic mass is 16.2. The van der Waals surface area contributed by atoms with Gasteiger partial charge in [0.15, 0.2) is 0 Å². The van der Waals surface area contributed by atoms with E-state index < -0.39 is 11.8 Å². The minimum atomic E-state index is -0.820. The lowest BCUT2D eigenvalue weighted by Gasteiger charge is -2.12. The van der Waals surface area contributed by atoms with Crippen molar-refractivity contribution >= 4 is 23.4 Å². The lowest BCUT2D eigenvalue weighted by molar-refractivity contribution is -0.136. The van der Waals surface area contributed by atoms with Crippen LogP contribution in [0.2, 0.25) is 0 Å². The highest BCUT2D eigenvalue weighted by molar-refractivity contribution is 6.40. The van der Waals surface area contributed by atoms with E-state index in [-0.39, 0.29) is 18.1 Å². The smallest absolute Gasteiger partial charge is 0.313 e. The maximum absolute atomic E-state index is 12.6. The van der Waals surface area contributed by atoms with Crippen LogP contribution in [0.5, 0.6) is 0 Å². The Balaban J connectivity index is 1.53. The summed E-state index contributed by atoms with van der Waals surface area (Å²) < 4.78 is 0. The highest BCUT2D eigenvalue weighted by Gasteiger charge is 2.17. The summed E-state index contributed by atoms with van der Waals surface area (Å²) in [6.07, 6.45) is 1.64. The first kappa shape index (κ1) is 22.7. The van der Waals surface area contributed by atoms with Crippen molar-refractivity contribution in [1.82, 2.24) is 10.6 Å². The molecule has 0 saturated carbocycles. The van der Waals surface area contributed by atoms with Gasteiger partial charge in [-0.25, -0.2) is 0 Å². The summed E-state index contributed by atoms with van der Waals surface area (Å²) >= 11 is 0. The van der Waals surface area contributed by atoms with E-state index in [4.69, 9.17) is 0 Å². The first-order chi connectivity index (χ1) is 15.6. The molecule has 32 heavy (non-hydrogen) atoms. The molecular weight excluding hydrogens is 402 g/mol. The van der Waals surface area contributed by atoms with E-state index in [1.54, 1.807) is 24.3 Å². The number of aryl methyl sites for hydroxylation is 1. The Hall–Kier alpha value is -3.93. The molecule has 3 N–H and O–H groups in total. The van der Waals surface area contributed by atoms with Crippen LogP contribution in [0.4, 0.5) is 5.69 Å². The van der Waals surface area contributed by atoms with Gasteiger partial charge in [-0.15, -0.1) is 0 Å². The molecule has 0 aliphatic carbocycles. The minimum absolute atomic E-state index is 0.248. The average Bonchev–Trinajstić information content (AvgIpc) is 2.83. The number of para-hydroxylation sites is 1. The van der Waals surface area contributed by atoms with E-state index >= 15 is 0 Å². The fourth-order valence-corrected chi connectivity index (χ4v) is 3.18. The SMILES string of the molecule is CCc1ccc(CNC(=O)C(=O)Nc2ccccc2C(=O)NCCc2ccccc2)cc1. The van der Waals surface area contributed by atoms with Gasteiger partial charge < -0.3 is 16.0 Å². The van der Waals surface area contributed by atoms with Crippen LogP contribution in [0.15, 0.2) is 78.9 Å². The van der Waals surface area contributed by atoms with Gasteiger partial charge in [-0.1, -0.05) is 73.7 Å². The molecule has 3 aromatic carbocycles. The molecule has 0 aromatic heterocycles. The Labute approximate surface area is 188 Å². The lowest BCUT2D eigenvalue weighted by atomic mass is 10.1. The zero-order valence-corrected chi connectivity index (χ0v) is 18.1. The molecule has 6 nitrogen and oxygen atoms in total. The molecule has 0 spiro atoms. The molecule has 0 atom stereocenters. The zero-order chi connectivity index (χ0) is 22.8. The van der Waals surface area contributed by atoms with Crippen LogP contribution >= 0.6 is 0 Å². The number of anilines is 1. The molecular formula is C26H27N3O3. The summed E-state index contributed by atoms with van der Waals surface area (Å²) in [7, 11) is 0. The molecule has 0 aliphatic heterocycles. The van der Waals surface area contributed by atoms with Crippen LogP contribution in [-0.4, -0.2) is 24.3 Å². The normalized spacial score (nSPS) is 10.3. The van der Waals surface area contributed by atoms with Gasteiger partial charge >= 0.3 is 11.8 Å². The monoisotopic (exact) mass is 429 g/mol. The predicted octanol–water partition coefficient (Wildman–Crippen LogP) is 3.48. The maximum Gasteiger partial charge on any atom is 0.313 e. The standard InChI is InChI=1S/C26H27N3O3/c1-2-19-12-14-21(15-13-19)18-28-25(31)26(32)29-23-11-7-6-10-22(23)24(30)27-17-16-20-8-4-3-5-9-20/h3-15H,2,16-18H2,1H3,(H,27,30)(H,28,31)(H,29,32). The van der Waals surface area contributed by atoms with Gasteiger partial charge in [0.05, 0.1) is 11.3 Å². The second kappa shape index (κ2) is 11.5. The Kier molecular flexibility index (Phi) is 8.15. The first-order valence-corrected chi connectivity index (χ1v) is 10.6. The van der Waals surface area contributed by atoms with E-state index in [1.807, 2.05) is 54.6 Å². The fraction of sp³-hybridized carbons (Fsp3) is 0.192. The molecule has 0 saturated heterocycles. The van der Waals surface area contributed by atoms with Crippen LogP contribution in [-0.2, 0) is 29.0 Å². The van der Waals surface area contributed by atoms with E-state index in [9.17, 15) is 14.4 Å². The molecule has 3 amide bonds. The van der Waals surface area contributed by atoms with Gasteiger partial charge in [-0.3, -0.25) is 14.4 Å². The minimum Gasteiger partial charge on any atom is -0.352 e. The van der Waals surface area contributed by atoms with Crippen LogP contribution in [0.25, 0.3) is 0 Å². The van der Waals surface area contributed by atoms with Crippen molar-refractivity contribution in [2.45, 2.75) is 26.3 Å². The summed E-state index contributed by atoms with van der Waals surface area (Å²) in [4.78, 5) is 37.2. The highest BCUT2D eigenvalue weighted by Crippen LogP contribution is 2.15. The molecule has 3 rings (SSSR count). The second-order valence-electron chi connectivity index (χ2n) is 7.34. The molecule has 0 bridgehead atoms. The number of carbonyl (C=O) groups is 3. The third-order valence-corrected chi connectivity index (χ3v) is 5.05. The van der Waals surface area contributed by atoms with Crippen molar-refractivity contribution in [2.24, 2.45) is 0 Å². The van der Waals surface area contributed by atoms with E-state index in [0.29, 0.717) is 18.5 Å². The Morgan fingerprint density at radius 1 is 0.688 bits per heavy atom. The van der Waals surface area contributed by atoms with Crippen LogP contribution < -0.4 is 16.0 Å². The van der Waals surface area contributed by atoms with Gasteiger partial charge in [0.25, 0.3) is 5.91 Å². The Bertz CT molecular complexity index is 1060. The molecule has 0 unspecified atom stereocenters. The summed E-state index contributed by atoms with van der Waals surface area (Å²) in [6, 6.07) is 24.3. The van der Waals surface area contributed by atoms with Crippen LogP contribution in [0.3, 0.4) is 0 Å². The number of hydrogen-bond acceptors (Lipinski definition) is 3. The van der Waals surface area contributed by atoms with Crippen molar-refractivity contribution < 1.29 is 14.4 Å². The van der Waals surface area contributed by atoms with Crippen LogP contribution in [0.1, 0.15) is 34.0 Å². The van der Waals surface area contributed by atoms with Crippen molar-refractivity contribution in [3.05, 3.63) is 101 Å². The zero-order valence-electron chi connectivity index (χ0n) is 18.1. The van der Waals surface area contributed by atoms with Gasteiger partial charge in [-0.2, -0.15) is 0 Å². The Morgan fingerprint density at radius 3 is 2.06 bits per heavy atom. The quantitative estimate of drug-likeness (QED) is 0.479. The van der Waals surface area contributed by atoms with Gasteiger partial charge in [-0.05, 0) is 41.7 Å². The number of nitrogens with one attached hydrogen (secondary N) is 3. The topological polar surface area (TPSA) is 87.3 Å². The summed E-state index contributed by atoms with van der Waals surface area (Å²) in [5.41, 5.74) is 3.82. The van der Waals surface area contributed by atoms with E-state index in [1.165, 1.54) is 5.56 Å². The summed E-state index contributed by atoms with van der Waals surface area (Å²) in [5, 5.41) is 8.00.